The van der Waals surface area contributed by atoms with Gasteiger partial charge in [-0.3, -0.25) is 9.78 Å². The van der Waals surface area contributed by atoms with Gasteiger partial charge in [0.15, 0.2) is 0 Å². The summed E-state index contributed by atoms with van der Waals surface area (Å²) in [5.41, 5.74) is 1.51. The van der Waals surface area contributed by atoms with Crippen LogP contribution in [0.15, 0.2) is 59.8 Å². The van der Waals surface area contributed by atoms with E-state index in [0.717, 1.165) is 5.56 Å². The molecule has 0 atom stereocenters. The predicted octanol–water partition coefficient (Wildman–Crippen LogP) is 1.78. The minimum absolute atomic E-state index is 0.00429. The van der Waals surface area contributed by atoms with Crippen LogP contribution in [0.25, 0.3) is 17.0 Å². The molecule has 0 saturated heterocycles. The number of carbonyl (C=O) groups is 1. The molecule has 27 heavy (non-hydrogen) atoms. The van der Waals surface area contributed by atoms with Gasteiger partial charge in [0.25, 0.3) is 5.56 Å². The van der Waals surface area contributed by atoms with Crippen molar-refractivity contribution < 1.29 is 14.6 Å². The van der Waals surface area contributed by atoms with Crippen LogP contribution < -0.4 is 5.56 Å². The average Bonchev–Trinajstić information content (AvgIpc) is 3.30. The van der Waals surface area contributed by atoms with Crippen LogP contribution in [-0.4, -0.2) is 35.4 Å². The summed E-state index contributed by atoms with van der Waals surface area (Å²) in [4.78, 5) is 30.4. The average molecular weight is 365 g/mol. The van der Waals surface area contributed by atoms with Gasteiger partial charge in [-0.1, -0.05) is 30.3 Å². The zero-order chi connectivity index (χ0) is 18.8. The quantitative estimate of drug-likeness (QED) is 0.538. The number of nitrogens with zero attached hydrogens (tertiary/aromatic N) is 4. The van der Waals surface area contributed by atoms with Gasteiger partial charge in [-0.05, 0) is 11.6 Å². The van der Waals surface area contributed by atoms with Crippen LogP contribution in [0, 0.1) is 0 Å². The number of hydrogen-bond acceptors (Lipinski definition) is 5. The molecule has 0 aliphatic heterocycles. The van der Waals surface area contributed by atoms with Crippen molar-refractivity contribution in [1.29, 1.82) is 0 Å². The number of rotatable bonds is 6. The molecule has 3 aromatic heterocycles. The van der Waals surface area contributed by atoms with E-state index in [-0.39, 0.29) is 23.8 Å². The zero-order valence-corrected chi connectivity index (χ0v) is 14.1. The highest BCUT2D eigenvalue weighted by atomic mass is 16.5. The second-order valence-corrected chi connectivity index (χ2v) is 5.85. The van der Waals surface area contributed by atoms with Gasteiger partial charge in [0, 0.05) is 12.4 Å². The summed E-state index contributed by atoms with van der Waals surface area (Å²) in [7, 11) is 0. The van der Waals surface area contributed by atoms with Gasteiger partial charge >= 0.3 is 5.97 Å². The molecule has 0 unspecified atom stereocenters. The first-order valence-electron chi connectivity index (χ1n) is 8.11. The Balaban J connectivity index is 1.58. The molecule has 0 aliphatic rings. The topological polar surface area (TPSA) is 115 Å². The summed E-state index contributed by atoms with van der Waals surface area (Å²) in [5.74, 6) is -0.964. The first kappa shape index (κ1) is 16.7. The standard InChI is InChI=1S/C18H15N5O4/c24-16-15-14(20-18(21-16)23-9-13(8-19-23)17(25)26)6-7-22(15)11-27-10-12-4-2-1-3-5-12/h1-9H,10-11H2,(H,25,26)(H,20,21,24). The maximum Gasteiger partial charge on any atom is 0.338 e. The Labute approximate surface area is 152 Å². The molecule has 0 bridgehead atoms. The molecule has 9 heteroatoms. The summed E-state index contributed by atoms with van der Waals surface area (Å²) in [6.07, 6.45) is 4.19. The van der Waals surface area contributed by atoms with Crippen LogP contribution in [0.1, 0.15) is 15.9 Å². The molecule has 0 radical (unpaired) electrons. The van der Waals surface area contributed by atoms with E-state index < -0.39 is 5.97 Å². The molecule has 136 valence electrons. The number of carboxylic acids is 1. The van der Waals surface area contributed by atoms with Crippen LogP contribution in [0.5, 0.6) is 0 Å². The Morgan fingerprint density at radius 2 is 2.04 bits per heavy atom. The van der Waals surface area contributed by atoms with Crippen LogP contribution in [0.4, 0.5) is 0 Å². The van der Waals surface area contributed by atoms with Gasteiger partial charge in [0.05, 0.1) is 23.9 Å². The lowest BCUT2D eigenvalue weighted by Gasteiger charge is -2.07. The third-order valence-electron chi connectivity index (χ3n) is 4.00. The molecular formula is C18H15N5O4. The summed E-state index contributed by atoms with van der Waals surface area (Å²) >= 11 is 0. The molecule has 3 heterocycles. The van der Waals surface area contributed by atoms with Crippen molar-refractivity contribution in [3.05, 3.63) is 76.5 Å². The van der Waals surface area contributed by atoms with Crippen molar-refractivity contribution >= 4 is 17.0 Å². The first-order chi connectivity index (χ1) is 13.1. The molecule has 0 aliphatic carbocycles. The van der Waals surface area contributed by atoms with Crippen LogP contribution >= 0.6 is 0 Å². The molecule has 1 aromatic carbocycles. The molecular weight excluding hydrogens is 350 g/mol. The number of hydrogen-bond donors (Lipinski definition) is 2. The molecule has 0 amide bonds. The summed E-state index contributed by atoms with van der Waals surface area (Å²) in [6.45, 7) is 0.628. The van der Waals surface area contributed by atoms with Gasteiger partial charge in [-0.2, -0.15) is 5.10 Å². The minimum Gasteiger partial charge on any atom is -0.478 e. The Kier molecular flexibility index (Phi) is 4.27. The smallest absolute Gasteiger partial charge is 0.338 e. The monoisotopic (exact) mass is 365 g/mol. The number of fused-ring (bicyclic) bond motifs is 1. The lowest BCUT2D eigenvalue weighted by atomic mass is 10.2. The van der Waals surface area contributed by atoms with Gasteiger partial charge in [-0.15, -0.1) is 0 Å². The Bertz CT molecular complexity index is 1160. The molecule has 0 spiro atoms. The third-order valence-corrected chi connectivity index (χ3v) is 4.00. The van der Waals surface area contributed by atoms with Crippen LogP contribution in [0.3, 0.4) is 0 Å². The Morgan fingerprint density at radius 1 is 1.22 bits per heavy atom. The van der Waals surface area contributed by atoms with Crippen molar-refractivity contribution in [3.8, 4) is 5.95 Å². The lowest BCUT2D eigenvalue weighted by Crippen LogP contribution is -2.16. The highest BCUT2D eigenvalue weighted by molar-refractivity contribution is 5.87. The second-order valence-electron chi connectivity index (χ2n) is 5.85. The fourth-order valence-corrected chi connectivity index (χ4v) is 2.70. The van der Waals surface area contributed by atoms with E-state index in [1.807, 2.05) is 30.3 Å². The van der Waals surface area contributed by atoms with Crippen molar-refractivity contribution in [2.24, 2.45) is 0 Å². The first-order valence-corrected chi connectivity index (χ1v) is 8.11. The van der Waals surface area contributed by atoms with Gasteiger partial charge in [0.2, 0.25) is 5.95 Å². The number of carboxylic acid groups (broad SMARTS) is 1. The van der Waals surface area contributed by atoms with E-state index in [2.05, 4.69) is 15.1 Å². The molecule has 9 nitrogen and oxygen atoms in total. The zero-order valence-electron chi connectivity index (χ0n) is 14.1. The number of ether oxygens (including phenoxy) is 1. The van der Waals surface area contributed by atoms with Gasteiger partial charge < -0.3 is 14.4 Å². The number of aromatic carboxylic acids is 1. The third kappa shape index (κ3) is 3.35. The summed E-state index contributed by atoms with van der Waals surface area (Å²) in [5, 5.41) is 12.9. The summed E-state index contributed by atoms with van der Waals surface area (Å²) in [6, 6.07) is 11.4. The fourth-order valence-electron chi connectivity index (χ4n) is 2.70. The lowest BCUT2D eigenvalue weighted by molar-refractivity contribution is 0.0666. The molecule has 2 N–H and O–H groups in total. The molecule has 4 rings (SSSR count). The highest BCUT2D eigenvalue weighted by Crippen LogP contribution is 2.12. The number of benzene rings is 1. The molecule has 0 saturated carbocycles. The van der Waals surface area contributed by atoms with E-state index in [1.54, 1.807) is 16.8 Å². The normalized spacial score (nSPS) is 11.1. The van der Waals surface area contributed by atoms with Gasteiger partial charge in [-0.25, -0.2) is 14.5 Å². The van der Waals surface area contributed by atoms with E-state index in [1.165, 1.54) is 17.1 Å². The van der Waals surface area contributed by atoms with E-state index in [0.29, 0.717) is 17.6 Å². The largest absolute Gasteiger partial charge is 0.478 e. The van der Waals surface area contributed by atoms with Crippen molar-refractivity contribution in [3.63, 3.8) is 0 Å². The predicted molar refractivity (Wildman–Crippen MR) is 95.7 cm³/mol. The van der Waals surface area contributed by atoms with E-state index >= 15 is 0 Å². The van der Waals surface area contributed by atoms with Crippen molar-refractivity contribution in [2.75, 3.05) is 0 Å². The highest BCUT2D eigenvalue weighted by Gasteiger charge is 2.13. The Morgan fingerprint density at radius 3 is 2.78 bits per heavy atom. The van der Waals surface area contributed by atoms with E-state index in [4.69, 9.17) is 9.84 Å². The number of aromatic nitrogens is 5. The fraction of sp³-hybridized carbons (Fsp3) is 0.111. The minimum atomic E-state index is -1.11. The number of H-pyrrole nitrogens is 1. The summed E-state index contributed by atoms with van der Waals surface area (Å²) < 4.78 is 8.55. The van der Waals surface area contributed by atoms with Crippen LogP contribution in [0.2, 0.25) is 0 Å². The van der Waals surface area contributed by atoms with Crippen LogP contribution in [-0.2, 0) is 18.1 Å². The maximum absolute atomic E-state index is 12.5. The van der Waals surface area contributed by atoms with Crippen molar-refractivity contribution in [1.82, 2.24) is 24.3 Å². The number of aromatic amines is 1. The van der Waals surface area contributed by atoms with Gasteiger partial charge in [0.1, 0.15) is 12.2 Å². The molecule has 4 aromatic rings. The SMILES string of the molecule is O=C(O)c1cnn(-c2nc3ccn(COCc4ccccc4)c3c(=O)[nH]2)c1. The molecule has 0 fully saturated rings. The number of nitrogens with one attached hydrogen (secondary N) is 1. The van der Waals surface area contributed by atoms with E-state index in [9.17, 15) is 9.59 Å². The second kappa shape index (κ2) is 6.89. The van der Waals surface area contributed by atoms with Crippen molar-refractivity contribution in [2.45, 2.75) is 13.3 Å². The Hall–Kier alpha value is -3.72. The maximum atomic E-state index is 12.5.